The van der Waals surface area contributed by atoms with E-state index in [-0.39, 0.29) is 17.4 Å². The lowest BCUT2D eigenvalue weighted by Gasteiger charge is -2.10. The van der Waals surface area contributed by atoms with Crippen LogP contribution in [0.3, 0.4) is 0 Å². The monoisotopic (exact) mass is 355 g/mol. The molecule has 9 nitrogen and oxygen atoms in total. The van der Waals surface area contributed by atoms with E-state index in [0.717, 1.165) is 5.76 Å². The van der Waals surface area contributed by atoms with Gasteiger partial charge in [0.05, 0.1) is 22.3 Å². The quantitative estimate of drug-likeness (QED) is 0.556. The summed E-state index contributed by atoms with van der Waals surface area (Å²) in [4.78, 5) is 22.9. The summed E-state index contributed by atoms with van der Waals surface area (Å²) >= 11 is 0. The molecule has 0 bridgehead atoms. The lowest BCUT2D eigenvalue weighted by molar-refractivity contribution is -0.384. The van der Waals surface area contributed by atoms with E-state index in [4.69, 9.17) is 4.42 Å². The van der Waals surface area contributed by atoms with Crippen molar-refractivity contribution in [1.82, 2.24) is 20.3 Å². The first-order valence-corrected chi connectivity index (χ1v) is 7.91. The summed E-state index contributed by atoms with van der Waals surface area (Å²) in [6, 6.07) is 9.25. The highest BCUT2D eigenvalue weighted by molar-refractivity contribution is 5.93. The van der Waals surface area contributed by atoms with Crippen LogP contribution >= 0.6 is 0 Å². The lowest BCUT2D eigenvalue weighted by Crippen LogP contribution is -2.27. The predicted molar refractivity (Wildman–Crippen MR) is 92.1 cm³/mol. The Kier molecular flexibility index (Phi) is 4.53. The maximum absolute atomic E-state index is 12.5. The molecule has 1 aromatic carbocycles. The summed E-state index contributed by atoms with van der Waals surface area (Å²) in [7, 11) is 0. The summed E-state index contributed by atoms with van der Waals surface area (Å²) in [6.07, 6.45) is 0. The molecule has 0 aliphatic rings. The molecule has 2 aromatic heterocycles. The Morgan fingerprint density at radius 2 is 2.08 bits per heavy atom. The first kappa shape index (κ1) is 17.3. The molecular formula is C17H17N5O4. The van der Waals surface area contributed by atoms with Crippen LogP contribution in [0.5, 0.6) is 0 Å². The normalized spacial score (nSPS) is 12.0. The summed E-state index contributed by atoms with van der Waals surface area (Å²) in [5.74, 6) is 0.995. The zero-order chi connectivity index (χ0) is 18.8. The zero-order valence-electron chi connectivity index (χ0n) is 14.5. The smallest absolute Gasteiger partial charge is 0.274 e. The van der Waals surface area contributed by atoms with Crippen LogP contribution in [0.15, 0.2) is 40.8 Å². The van der Waals surface area contributed by atoms with E-state index in [0.29, 0.717) is 17.1 Å². The molecule has 26 heavy (non-hydrogen) atoms. The topological polar surface area (TPSA) is 116 Å². The van der Waals surface area contributed by atoms with E-state index in [1.54, 1.807) is 32.0 Å². The van der Waals surface area contributed by atoms with Gasteiger partial charge in [0, 0.05) is 12.1 Å². The highest BCUT2D eigenvalue weighted by Gasteiger charge is 2.21. The Bertz CT molecular complexity index is 975. The standard InChI is InChI=1S/C17H17N5O4/c1-10-7-8-15(26-10)11(2)18-17(23)16-12(3)21(20-19-16)13-5-4-6-14(9-13)22(24)25/h4-9,11H,1-3H3,(H,18,23). The fourth-order valence-corrected chi connectivity index (χ4v) is 2.54. The number of nitro benzene ring substituents is 1. The number of furan rings is 1. The molecule has 0 aliphatic heterocycles. The van der Waals surface area contributed by atoms with Gasteiger partial charge < -0.3 is 9.73 Å². The molecule has 3 aromatic rings. The SMILES string of the molecule is Cc1ccc(C(C)NC(=O)c2nnn(-c3cccc([N+](=O)[O-])c3)c2C)o1. The van der Waals surface area contributed by atoms with Crippen LogP contribution < -0.4 is 5.32 Å². The summed E-state index contributed by atoms with van der Waals surface area (Å²) in [6.45, 7) is 5.30. The highest BCUT2D eigenvalue weighted by atomic mass is 16.6. The van der Waals surface area contributed by atoms with Crippen LogP contribution in [0.25, 0.3) is 5.69 Å². The number of amides is 1. The van der Waals surface area contributed by atoms with Crippen LogP contribution in [0, 0.1) is 24.0 Å². The third-order valence-corrected chi connectivity index (χ3v) is 3.93. The zero-order valence-corrected chi connectivity index (χ0v) is 14.5. The van der Waals surface area contributed by atoms with Crippen LogP contribution in [-0.2, 0) is 0 Å². The molecule has 0 aliphatic carbocycles. The molecule has 3 rings (SSSR count). The van der Waals surface area contributed by atoms with E-state index in [1.165, 1.54) is 16.8 Å². The molecule has 1 unspecified atom stereocenters. The second kappa shape index (κ2) is 6.79. The molecule has 0 spiro atoms. The van der Waals surface area contributed by atoms with Crippen molar-refractivity contribution in [2.75, 3.05) is 0 Å². The van der Waals surface area contributed by atoms with Crippen LogP contribution in [0.1, 0.15) is 40.7 Å². The number of hydrogen-bond donors (Lipinski definition) is 1. The van der Waals surface area contributed by atoms with Crippen molar-refractivity contribution in [1.29, 1.82) is 0 Å². The predicted octanol–water partition coefficient (Wildman–Crippen LogP) is 2.88. The fourth-order valence-electron chi connectivity index (χ4n) is 2.54. The molecule has 1 amide bonds. The van der Waals surface area contributed by atoms with Crippen LogP contribution in [0.4, 0.5) is 5.69 Å². The molecule has 2 heterocycles. The molecule has 9 heteroatoms. The van der Waals surface area contributed by atoms with E-state index < -0.39 is 10.8 Å². The van der Waals surface area contributed by atoms with Crippen molar-refractivity contribution < 1.29 is 14.1 Å². The number of rotatable bonds is 5. The highest BCUT2D eigenvalue weighted by Crippen LogP contribution is 2.19. The third-order valence-electron chi connectivity index (χ3n) is 3.93. The van der Waals surface area contributed by atoms with E-state index in [1.807, 2.05) is 13.0 Å². The minimum Gasteiger partial charge on any atom is -0.464 e. The number of nitro groups is 1. The largest absolute Gasteiger partial charge is 0.464 e. The summed E-state index contributed by atoms with van der Waals surface area (Å²) in [5.41, 5.74) is 1.01. The molecule has 134 valence electrons. The number of carbonyl (C=O) groups excluding carboxylic acids is 1. The van der Waals surface area contributed by atoms with Gasteiger partial charge in [0.15, 0.2) is 5.69 Å². The van der Waals surface area contributed by atoms with Crippen LogP contribution in [-0.4, -0.2) is 25.8 Å². The molecular weight excluding hydrogens is 338 g/mol. The number of hydrogen-bond acceptors (Lipinski definition) is 6. The Hall–Kier alpha value is -3.49. The number of carbonyl (C=O) groups is 1. The number of aromatic nitrogens is 3. The first-order valence-electron chi connectivity index (χ1n) is 7.91. The summed E-state index contributed by atoms with van der Waals surface area (Å²) < 4.78 is 6.90. The van der Waals surface area contributed by atoms with E-state index in [9.17, 15) is 14.9 Å². The van der Waals surface area contributed by atoms with E-state index >= 15 is 0 Å². The molecule has 0 fully saturated rings. The molecule has 0 saturated carbocycles. The number of nitrogens with one attached hydrogen (secondary N) is 1. The Labute approximate surface area is 148 Å². The Morgan fingerprint density at radius 3 is 2.73 bits per heavy atom. The minimum atomic E-state index is -0.490. The van der Waals surface area contributed by atoms with Gasteiger partial charge in [-0.1, -0.05) is 11.3 Å². The maximum Gasteiger partial charge on any atom is 0.274 e. The Morgan fingerprint density at radius 1 is 1.31 bits per heavy atom. The molecule has 1 N–H and O–H groups in total. The molecule has 1 atom stereocenters. The third kappa shape index (κ3) is 3.32. The van der Waals surface area contributed by atoms with Gasteiger partial charge in [-0.3, -0.25) is 14.9 Å². The van der Waals surface area contributed by atoms with Gasteiger partial charge in [-0.05, 0) is 39.0 Å². The van der Waals surface area contributed by atoms with Crippen LogP contribution in [0.2, 0.25) is 0 Å². The second-order valence-corrected chi connectivity index (χ2v) is 5.86. The Balaban J connectivity index is 1.83. The minimum absolute atomic E-state index is 0.0646. The number of non-ortho nitro benzene ring substituents is 1. The lowest BCUT2D eigenvalue weighted by atomic mass is 10.2. The van der Waals surface area contributed by atoms with Gasteiger partial charge in [0.1, 0.15) is 11.5 Å². The second-order valence-electron chi connectivity index (χ2n) is 5.86. The average Bonchev–Trinajstić information content (AvgIpc) is 3.21. The van der Waals surface area contributed by atoms with Crippen molar-refractivity contribution in [2.24, 2.45) is 0 Å². The maximum atomic E-state index is 12.5. The van der Waals surface area contributed by atoms with Crippen molar-refractivity contribution in [2.45, 2.75) is 26.8 Å². The summed E-state index contributed by atoms with van der Waals surface area (Å²) in [5, 5.41) is 21.6. The van der Waals surface area contributed by atoms with Crippen molar-refractivity contribution in [3.63, 3.8) is 0 Å². The van der Waals surface area contributed by atoms with Gasteiger partial charge in [0.2, 0.25) is 0 Å². The number of aryl methyl sites for hydroxylation is 1. The van der Waals surface area contributed by atoms with Gasteiger partial charge in [-0.15, -0.1) is 5.10 Å². The van der Waals surface area contributed by atoms with Gasteiger partial charge >= 0.3 is 0 Å². The number of nitrogens with zero attached hydrogens (tertiary/aromatic N) is 4. The number of benzene rings is 1. The first-order chi connectivity index (χ1) is 12.4. The van der Waals surface area contributed by atoms with Crippen molar-refractivity contribution >= 4 is 11.6 Å². The van der Waals surface area contributed by atoms with E-state index in [2.05, 4.69) is 15.6 Å². The van der Waals surface area contributed by atoms with Gasteiger partial charge in [-0.2, -0.15) is 0 Å². The van der Waals surface area contributed by atoms with Crippen molar-refractivity contribution in [3.8, 4) is 5.69 Å². The van der Waals surface area contributed by atoms with Gasteiger partial charge in [-0.25, -0.2) is 4.68 Å². The average molecular weight is 355 g/mol. The van der Waals surface area contributed by atoms with Gasteiger partial charge in [0.25, 0.3) is 11.6 Å². The fraction of sp³-hybridized carbons (Fsp3) is 0.235. The molecule has 0 radical (unpaired) electrons. The molecule has 0 saturated heterocycles. The van der Waals surface area contributed by atoms with Crippen molar-refractivity contribution in [3.05, 3.63) is 69.4 Å².